The van der Waals surface area contributed by atoms with Gasteiger partial charge in [-0.3, -0.25) is 4.79 Å². The van der Waals surface area contributed by atoms with Crippen LogP contribution in [0.1, 0.15) is 17.5 Å². The van der Waals surface area contributed by atoms with Crippen LogP contribution >= 0.6 is 11.3 Å². The number of carbonyl (C=O) groups excluding carboxylic acids is 1. The van der Waals surface area contributed by atoms with E-state index in [9.17, 15) is 4.79 Å². The van der Waals surface area contributed by atoms with Crippen LogP contribution in [0.15, 0.2) is 41.9 Å². The van der Waals surface area contributed by atoms with Gasteiger partial charge in [-0.1, -0.05) is 30.3 Å². The lowest BCUT2D eigenvalue weighted by Crippen LogP contribution is -2.33. The van der Waals surface area contributed by atoms with Crippen LogP contribution in [0.4, 0.5) is 0 Å². The van der Waals surface area contributed by atoms with Crippen molar-refractivity contribution in [1.29, 1.82) is 0 Å². The number of thiazole rings is 1. The van der Waals surface area contributed by atoms with E-state index >= 15 is 0 Å². The molecule has 1 aromatic carbocycles. The Morgan fingerprint density at radius 2 is 2.10 bits per heavy atom. The first kappa shape index (κ1) is 14.7. The molecule has 1 aromatic heterocycles. The molecule has 0 aliphatic carbocycles. The third kappa shape index (κ3) is 4.43. The van der Waals surface area contributed by atoms with E-state index in [0.717, 1.165) is 10.6 Å². The van der Waals surface area contributed by atoms with Crippen LogP contribution in [0, 0.1) is 0 Å². The smallest absolute Gasteiger partial charge is 0.249 e. The Balaban J connectivity index is 2.05. The number of hydrogen-bond acceptors (Lipinski definition) is 4. The number of nitrogens with zero attached hydrogens (tertiary/aromatic N) is 2. The highest BCUT2D eigenvalue weighted by Gasteiger charge is 2.15. The van der Waals surface area contributed by atoms with Gasteiger partial charge in [0.1, 0.15) is 11.6 Å². The maximum atomic E-state index is 12.2. The normalized spacial score (nSPS) is 10.4. The summed E-state index contributed by atoms with van der Waals surface area (Å²) in [5, 5.41) is 2.86. The number of carbonyl (C=O) groups is 1. The van der Waals surface area contributed by atoms with Gasteiger partial charge >= 0.3 is 0 Å². The van der Waals surface area contributed by atoms with E-state index in [-0.39, 0.29) is 12.5 Å². The molecule has 0 bridgehead atoms. The molecule has 0 atom stereocenters. The fraction of sp³-hybridized carbons (Fsp3) is 0.333. The van der Waals surface area contributed by atoms with Gasteiger partial charge in [0.2, 0.25) is 5.91 Å². The van der Waals surface area contributed by atoms with Gasteiger partial charge < -0.3 is 9.64 Å². The van der Waals surface area contributed by atoms with Crippen molar-refractivity contribution in [2.24, 2.45) is 0 Å². The summed E-state index contributed by atoms with van der Waals surface area (Å²) in [6, 6.07) is 9.95. The molecule has 2 rings (SSSR count). The van der Waals surface area contributed by atoms with E-state index < -0.39 is 0 Å². The van der Waals surface area contributed by atoms with Crippen molar-refractivity contribution in [2.45, 2.75) is 20.0 Å². The molecule has 0 spiro atoms. The molecule has 0 radical (unpaired) electrons. The average Bonchev–Trinajstić information content (AvgIpc) is 2.98. The lowest BCUT2D eigenvalue weighted by molar-refractivity contribution is -0.137. The highest BCUT2D eigenvalue weighted by Crippen LogP contribution is 2.12. The Morgan fingerprint density at radius 1 is 1.30 bits per heavy atom. The molecule has 0 N–H and O–H groups in total. The first-order chi connectivity index (χ1) is 9.79. The van der Waals surface area contributed by atoms with E-state index in [4.69, 9.17) is 4.74 Å². The van der Waals surface area contributed by atoms with Crippen molar-refractivity contribution in [3.8, 4) is 0 Å². The molecule has 4 nitrogen and oxygen atoms in total. The molecule has 0 aliphatic rings. The summed E-state index contributed by atoms with van der Waals surface area (Å²) < 4.78 is 5.22. The number of ether oxygens (including phenoxy) is 1. The molecule has 20 heavy (non-hydrogen) atoms. The molecule has 0 saturated carbocycles. The van der Waals surface area contributed by atoms with Crippen molar-refractivity contribution in [1.82, 2.24) is 9.88 Å². The minimum atomic E-state index is -0.00842. The maximum absolute atomic E-state index is 12.2. The summed E-state index contributed by atoms with van der Waals surface area (Å²) in [6.45, 7) is 3.65. The summed E-state index contributed by atoms with van der Waals surface area (Å²) in [5.74, 6) is -0.00842. The number of rotatable bonds is 7. The second kappa shape index (κ2) is 7.77. The first-order valence-corrected chi connectivity index (χ1v) is 7.45. The van der Waals surface area contributed by atoms with Crippen LogP contribution in [0.5, 0.6) is 0 Å². The van der Waals surface area contributed by atoms with Gasteiger partial charge in [-0.05, 0) is 12.5 Å². The summed E-state index contributed by atoms with van der Waals surface area (Å²) in [6.07, 6.45) is 1.76. The van der Waals surface area contributed by atoms with Gasteiger partial charge in [-0.15, -0.1) is 11.3 Å². The zero-order valence-corrected chi connectivity index (χ0v) is 12.3. The predicted molar refractivity (Wildman–Crippen MR) is 79.3 cm³/mol. The summed E-state index contributed by atoms with van der Waals surface area (Å²) in [5.41, 5.74) is 1.11. The van der Waals surface area contributed by atoms with Gasteiger partial charge in [-0.25, -0.2) is 4.98 Å². The van der Waals surface area contributed by atoms with Crippen LogP contribution in [-0.2, 0) is 22.6 Å². The molecular formula is C15H18N2O2S. The molecule has 106 valence electrons. The molecule has 1 heterocycles. The molecule has 0 saturated heterocycles. The Morgan fingerprint density at radius 3 is 2.75 bits per heavy atom. The van der Waals surface area contributed by atoms with E-state index in [1.807, 2.05) is 42.6 Å². The standard InChI is InChI=1S/C15H18N2O2S/c1-2-19-12-15(18)17(11-14-16-8-9-20-14)10-13-6-4-3-5-7-13/h3-9H,2,10-12H2,1H3. The zero-order chi connectivity index (χ0) is 14.2. The van der Waals surface area contributed by atoms with E-state index in [2.05, 4.69) is 4.98 Å². The van der Waals surface area contributed by atoms with Gasteiger partial charge in [0.25, 0.3) is 0 Å². The average molecular weight is 290 g/mol. The molecule has 0 aliphatic heterocycles. The quantitative estimate of drug-likeness (QED) is 0.787. The fourth-order valence-electron chi connectivity index (χ4n) is 1.81. The molecule has 0 fully saturated rings. The van der Waals surface area contributed by atoms with Crippen LogP contribution in [0.2, 0.25) is 0 Å². The maximum Gasteiger partial charge on any atom is 0.249 e. The van der Waals surface area contributed by atoms with Gasteiger partial charge in [0, 0.05) is 24.7 Å². The number of benzene rings is 1. The van der Waals surface area contributed by atoms with E-state index in [0.29, 0.717) is 19.7 Å². The Labute approximate surface area is 123 Å². The molecule has 0 unspecified atom stereocenters. The Bertz CT molecular complexity index is 514. The first-order valence-electron chi connectivity index (χ1n) is 6.57. The van der Waals surface area contributed by atoms with E-state index in [1.54, 1.807) is 22.4 Å². The third-order valence-electron chi connectivity index (χ3n) is 2.81. The Hall–Kier alpha value is -1.72. The number of amides is 1. The minimum absolute atomic E-state index is 0.00842. The Kier molecular flexibility index (Phi) is 5.70. The van der Waals surface area contributed by atoms with Crippen LogP contribution in [0.25, 0.3) is 0 Å². The van der Waals surface area contributed by atoms with Gasteiger partial charge in [0.05, 0.1) is 6.54 Å². The lowest BCUT2D eigenvalue weighted by atomic mass is 10.2. The van der Waals surface area contributed by atoms with Crippen molar-refractivity contribution >= 4 is 17.2 Å². The third-order valence-corrected chi connectivity index (χ3v) is 3.57. The topological polar surface area (TPSA) is 42.4 Å². The van der Waals surface area contributed by atoms with Crippen molar-refractivity contribution in [3.05, 3.63) is 52.5 Å². The second-order valence-corrected chi connectivity index (χ2v) is 5.28. The van der Waals surface area contributed by atoms with Crippen LogP contribution in [-0.4, -0.2) is 29.0 Å². The van der Waals surface area contributed by atoms with Crippen molar-refractivity contribution in [2.75, 3.05) is 13.2 Å². The monoisotopic (exact) mass is 290 g/mol. The van der Waals surface area contributed by atoms with Crippen molar-refractivity contribution in [3.63, 3.8) is 0 Å². The van der Waals surface area contributed by atoms with Gasteiger partial charge in [0.15, 0.2) is 0 Å². The van der Waals surface area contributed by atoms with Crippen molar-refractivity contribution < 1.29 is 9.53 Å². The van der Waals surface area contributed by atoms with E-state index in [1.165, 1.54) is 0 Å². The van der Waals surface area contributed by atoms with Crippen LogP contribution < -0.4 is 0 Å². The zero-order valence-electron chi connectivity index (χ0n) is 11.5. The molecular weight excluding hydrogens is 272 g/mol. The molecule has 2 aromatic rings. The fourth-order valence-corrected chi connectivity index (χ4v) is 2.44. The lowest BCUT2D eigenvalue weighted by Gasteiger charge is -2.21. The minimum Gasteiger partial charge on any atom is -0.372 e. The molecule has 5 heteroatoms. The largest absolute Gasteiger partial charge is 0.372 e. The SMILES string of the molecule is CCOCC(=O)N(Cc1ccccc1)Cc1nccs1. The number of hydrogen-bond donors (Lipinski definition) is 0. The highest BCUT2D eigenvalue weighted by molar-refractivity contribution is 7.09. The second-order valence-electron chi connectivity index (χ2n) is 4.30. The number of aromatic nitrogens is 1. The van der Waals surface area contributed by atoms with Crippen LogP contribution in [0.3, 0.4) is 0 Å². The summed E-state index contributed by atoms with van der Waals surface area (Å²) >= 11 is 1.56. The highest BCUT2D eigenvalue weighted by atomic mass is 32.1. The molecule has 1 amide bonds. The van der Waals surface area contributed by atoms with Gasteiger partial charge in [-0.2, -0.15) is 0 Å². The predicted octanol–water partition coefficient (Wildman–Crippen LogP) is 2.71. The summed E-state index contributed by atoms with van der Waals surface area (Å²) in [4.78, 5) is 18.2. The summed E-state index contributed by atoms with van der Waals surface area (Å²) in [7, 11) is 0.